The zero-order valence-corrected chi connectivity index (χ0v) is 13.0. The molecule has 1 N–H and O–H groups in total. The number of carbonyl (C=O) groups excluding carboxylic acids is 1. The highest BCUT2D eigenvalue weighted by Gasteiger charge is 2.31. The third-order valence-corrected chi connectivity index (χ3v) is 3.32. The summed E-state index contributed by atoms with van der Waals surface area (Å²) in [7, 11) is 0. The van der Waals surface area contributed by atoms with E-state index < -0.39 is 35.8 Å². The van der Waals surface area contributed by atoms with Gasteiger partial charge < -0.3 is 10.1 Å². The Bertz CT molecular complexity index is 736. The van der Waals surface area contributed by atoms with Crippen LogP contribution < -0.4 is 10.1 Å². The van der Waals surface area contributed by atoms with Crippen molar-refractivity contribution >= 4 is 11.6 Å². The average Bonchev–Trinajstić information content (AvgIpc) is 2.48. The number of halogens is 4. The molecule has 0 saturated heterocycles. The largest absolute Gasteiger partial charge is 0.483 e. The van der Waals surface area contributed by atoms with Crippen LogP contribution in [0.15, 0.2) is 36.4 Å². The van der Waals surface area contributed by atoms with Crippen LogP contribution in [0.25, 0.3) is 0 Å². The second-order valence-corrected chi connectivity index (χ2v) is 5.25. The molecule has 3 nitrogen and oxygen atoms in total. The number of carbonyl (C=O) groups is 1. The van der Waals surface area contributed by atoms with E-state index in [2.05, 4.69) is 5.32 Å². The summed E-state index contributed by atoms with van der Waals surface area (Å²) in [6.45, 7) is 3.15. The highest BCUT2D eigenvalue weighted by atomic mass is 19.4. The van der Waals surface area contributed by atoms with Crippen LogP contribution in [0, 0.1) is 19.7 Å². The molecule has 0 heterocycles. The zero-order valence-electron chi connectivity index (χ0n) is 13.0. The Morgan fingerprint density at radius 1 is 1.12 bits per heavy atom. The molecular weight excluding hydrogens is 326 g/mol. The van der Waals surface area contributed by atoms with Gasteiger partial charge in [0.15, 0.2) is 6.61 Å². The van der Waals surface area contributed by atoms with E-state index in [0.717, 1.165) is 11.1 Å². The van der Waals surface area contributed by atoms with Crippen LogP contribution in [0.1, 0.15) is 16.7 Å². The number of rotatable bonds is 4. The third-order valence-electron chi connectivity index (χ3n) is 3.32. The lowest BCUT2D eigenvalue weighted by atomic mass is 10.1. The lowest BCUT2D eigenvalue weighted by Crippen LogP contribution is -2.21. The molecule has 0 aromatic heterocycles. The van der Waals surface area contributed by atoms with E-state index in [9.17, 15) is 22.4 Å². The maximum atomic E-state index is 13.6. The van der Waals surface area contributed by atoms with Gasteiger partial charge in [0.1, 0.15) is 11.6 Å². The first kappa shape index (κ1) is 17.8. The highest BCUT2D eigenvalue weighted by molar-refractivity contribution is 5.92. The molecule has 0 radical (unpaired) electrons. The van der Waals surface area contributed by atoms with Gasteiger partial charge in [0.05, 0.1) is 11.3 Å². The van der Waals surface area contributed by atoms with Crippen molar-refractivity contribution in [3.05, 3.63) is 58.9 Å². The van der Waals surface area contributed by atoms with Gasteiger partial charge in [0.2, 0.25) is 0 Å². The number of hydrogen-bond acceptors (Lipinski definition) is 2. The lowest BCUT2D eigenvalue weighted by molar-refractivity contribution is -0.137. The molecule has 2 rings (SSSR count). The summed E-state index contributed by atoms with van der Waals surface area (Å²) in [5.74, 6) is -1.20. The normalized spacial score (nSPS) is 11.2. The predicted molar refractivity (Wildman–Crippen MR) is 81.4 cm³/mol. The smallest absolute Gasteiger partial charge is 0.416 e. The number of alkyl halides is 3. The van der Waals surface area contributed by atoms with Crippen molar-refractivity contribution < 1.29 is 27.1 Å². The van der Waals surface area contributed by atoms with Gasteiger partial charge in [0, 0.05) is 0 Å². The van der Waals surface area contributed by atoms with E-state index in [4.69, 9.17) is 4.74 Å². The minimum absolute atomic E-state index is 0.443. The van der Waals surface area contributed by atoms with Crippen molar-refractivity contribution in [1.29, 1.82) is 0 Å². The number of amides is 1. The van der Waals surface area contributed by atoms with Crippen molar-refractivity contribution in [2.24, 2.45) is 0 Å². The van der Waals surface area contributed by atoms with Gasteiger partial charge in [-0.2, -0.15) is 13.2 Å². The van der Waals surface area contributed by atoms with Crippen LogP contribution in [-0.2, 0) is 11.0 Å². The van der Waals surface area contributed by atoms with Crippen molar-refractivity contribution in [2.75, 3.05) is 11.9 Å². The minimum atomic E-state index is -4.62. The SMILES string of the molecule is Cc1cccc(C)c1OCC(=O)Nc1cc(C(F)(F)F)ccc1F. The molecule has 7 heteroatoms. The van der Waals surface area contributed by atoms with Crippen LogP contribution in [-0.4, -0.2) is 12.5 Å². The Labute approximate surface area is 136 Å². The van der Waals surface area contributed by atoms with E-state index >= 15 is 0 Å². The Balaban J connectivity index is 2.08. The van der Waals surface area contributed by atoms with E-state index in [1.165, 1.54) is 0 Å². The minimum Gasteiger partial charge on any atom is -0.483 e. The van der Waals surface area contributed by atoms with E-state index in [1.54, 1.807) is 26.0 Å². The van der Waals surface area contributed by atoms with Crippen molar-refractivity contribution in [3.63, 3.8) is 0 Å². The summed E-state index contributed by atoms with van der Waals surface area (Å²) in [6, 6.07) is 7.24. The maximum absolute atomic E-state index is 13.6. The summed E-state index contributed by atoms with van der Waals surface area (Å²) >= 11 is 0. The number of ether oxygens (including phenoxy) is 1. The fourth-order valence-corrected chi connectivity index (χ4v) is 2.15. The van der Waals surface area contributed by atoms with Crippen LogP contribution in [0.5, 0.6) is 5.75 Å². The molecule has 0 aliphatic heterocycles. The van der Waals surface area contributed by atoms with Crippen LogP contribution >= 0.6 is 0 Å². The van der Waals surface area contributed by atoms with Crippen LogP contribution in [0.4, 0.5) is 23.2 Å². The maximum Gasteiger partial charge on any atom is 0.416 e. The standard InChI is InChI=1S/C17H15F4NO2/c1-10-4-3-5-11(2)16(10)24-9-15(23)22-14-8-12(17(19,20)21)6-7-13(14)18/h3-8H,9H2,1-2H3,(H,22,23). The monoisotopic (exact) mass is 341 g/mol. The Hall–Kier alpha value is -2.57. The summed E-state index contributed by atoms with van der Waals surface area (Å²) in [6.07, 6.45) is -4.62. The van der Waals surface area contributed by atoms with E-state index in [-0.39, 0.29) is 0 Å². The van der Waals surface area contributed by atoms with Gasteiger partial charge in [-0.25, -0.2) is 4.39 Å². The number of nitrogens with one attached hydrogen (secondary N) is 1. The summed E-state index contributed by atoms with van der Waals surface area (Å²) < 4.78 is 56.9. The molecule has 2 aromatic carbocycles. The van der Waals surface area contributed by atoms with Gasteiger partial charge in [-0.15, -0.1) is 0 Å². The second-order valence-electron chi connectivity index (χ2n) is 5.25. The first-order valence-corrected chi connectivity index (χ1v) is 7.04. The fraction of sp³-hybridized carbons (Fsp3) is 0.235. The van der Waals surface area contributed by atoms with Crippen molar-refractivity contribution in [2.45, 2.75) is 20.0 Å². The number of anilines is 1. The third kappa shape index (κ3) is 4.24. The lowest BCUT2D eigenvalue weighted by Gasteiger charge is -2.13. The second kappa shape index (κ2) is 6.90. The van der Waals surface area contributed by atoms with Gasteiger partial charge in [-0.1, -0.05) is 18.2 Å². The number of benzene rings is 2. The fourth-order valence-electron chi connectivity index (χ4n) is 2.15. The van der Waals surface area contributed by atoms with Gasteiger partial charge >= 0.3 is 6.18 Å². The topological polar surface area (TPSA) is 38.3 Å². The van der Waals surface area contributed by atoms with Crippen LogP contribution in [0.2, 0.25) is 0 Å². The molecule has 24 heavy (non-hydrogen) atoms. The Morgan fingerprint density at radius 2 is 1.75 bits per heavy atom. The highest BCUT2D eigenvalue weighted by Crippen LogP contribution is 2.31. The molecule has 0 fully saturated rings. The molecule has 0 aliphatic carbocycles. The first-order valence-electron chi connectivity index (χ1n) is 7.04. The van der Waals surface area contributed by atoms with Gasteiger partial charge in [-0.3, -0.25) is 4.79 Å². The number of aryl methyl sites for hydroxylation is 2. The molecule has 0 bridgehead atoms. The molecular formula is C17H15F4NO2. The molecule has 0 unspecified atom stereocenters. The molecule has 2 aromatic rings. The quantitative estimate of drug-likeness (QED) is 0.833. The van der Waals surface area contributed by atoms with Crippen molar-refractivity contribution in [1.82, 2.24) is 0 Å². The molecule has 0 spiro atoms. The number of para-hydroxylation sites is 1. The average molecular weight is 341 g/mol. The van der Waals surface area contributed by atoms with E-state index in [1.807, 2.05) is 6.07 Å². The zero-order chi connectivity index (χ0) is 17.9. The van der Waals surface area contributed by atoms with Crippen molar-refractivity contribution in [3.8, 4) is 5.75 Å². The summed E-state index contributed by atoms with van der Waals surface area (Å²) in [5, 5.41) is 2.09. The van der Waals surface area contributed by atoms with E-state index in [0.29, 0.717) is 23.9 Å². The molecule has 128 valence electrons. The van der Waals surface area contributed by atoms with Gasteiger partial charge in [-0.05, 0) is 43.2 Å². The molecule has 0 aliphatic rings. The number of hydrogen-bond donors (Lipinski definition) is 1. The van der Waals surface area contributed by atoms with Crippen LogP contribution in [0.3, 0.4) is 0 Å². The Morgan fingerprint density at radius 3 is 2.33 bits per heavy atom. The summed E-state index contributed by atoms with van der Waals surface area (Å²) in [4.78, 5) is 11.8. The van der Waals surface area contributed by atoms with Gasteiger partial charge in [0.25, 0.3) is 5.91 Å². The Kier molecular flexibility index (Phi) is 5.11. The molecule has 0 saturated carbocycles. The first-order chi connectivity index (χ1) is 11.2. The predicted octanol–water partition coefficient (Wildman–Crippen LogP) is 4.48. The molecule has 0 atom stereocenters. The summed E-state index contributed by atoms with van der Waals surface area (Å²) in [5.41, 5.74) is 0.0379. The molecule has 1 amide bonds.